The highest BCUT2D eigenvalue weighted by molar-refractivity contribution is 7.15. The first kappa shape index (κ1) is 16.5. The van der Waals surface area contributed by atoms with Crippen molar-refractivity contribution < 1.29 is 0 Å². The molecule has 132 valence electrons. The van der Waals surface area contributed by atoms with Crippen LogP contribution in [-0.4, -0.2) is 29.8 Å². The highest BCUT2D eigenvalue weighted by Crippen LogP contribution is 2.26. The first-order valence-electron chi connectivity index (χ1n) is 8.37. The Bertz CT molecular complexity index is 986. The van der Waals surface area contributed by atoms with Gasteiger partial charge in [0, 0.05) is 24.2 Å². The van der Waals surface area contributed by atoms with Gasteiger partial charge in [-0.05, 0) is 25.5 Å². The summed E-state index contributed by atoms with van der Waals surface area (Å²) in [6.07, 6.45) is 3.75. The molecule has 1 N–H and O–H groups in total. The summed E-state index contributed by atoms with van der Waals surface area (Å²) in [7, 11) is 0. The van der Waals surface area contributed by atoms with Gasteiger partial charge in [0.15, 0.2) is 5.82 Å². The second kappa shape index (κ2) is 7.09. The van der Waals surface area contributed by atoms with Crippen LogP contribution in [0.3, 0.4) is 0 Å². The van der Waals surface area contributed by atoms with E-state index in [4.69, 9.17) is 0 Å². The Morgan fingerprint density at radius 1 is 1.12 bits per heavy atom. The summed E-state index contributed by atoms with van der Waals surface area (Å²) in [4.78, 5) is 0. The molecule has 0 amide bonds. The summed E-state index contributed by atoms with van der Waals surface area (Å²) >= 11 is 1.51. The van der Waals surface area contributed by atoms with Crippen LogP contribution < -0.4 is 5.32 Å². The summed E-state index contributed by atoms with van der Waals surface area (Å²) in [5, 5.41) is 22.3. The van der Waals surface area contributed by atoms with Crippen LogP contribution in [0.5, 0.6) is 0 Å². The highest BCUT2D eigenvalue weighted by atomic mass is 32.1. The average molecular weight is 365 g/mol. The fourth-order valence-electron chi connectivity index (χ4n) is 2.74. The molecule has 1 atom stereocenters. The summed E-state index contributed by atoms with van der Waals surface area (Å²) in [6, 6.07) is 14.2. The molecule has 0 aliphatic heterocycles. The van der Waals surface area contributed by atoms with Gasteiger partial charge in [-0.1, -0.05) is 41.7 Å². The quantitative estimate of drug-likeness (QED) is 0.565. The smallest absolute Gasteiger partial charge is 0.211 e. The minimum absolute atomic E-state index is 0.0497. The zero-order valence-electron chi connectivity index (χ0n) is 14.6. The summed E-state index contributed by atoms with van der Waals surface area (Å²) in [5.74, 6) is 0.756. The molecule has 4 aromatic rings. The number of nitrogens with one attached hydrogen (secondary N) is 1. The van der Waals surface area contributed by atoms with Gasteiger partial charge in [-0.15, -0.1) is 10.2 Å². The van der Waals surface area contributed by atoms with E-state index < -0.39 is 0 Å². The maximum Gasteiger partial charge on any atom is 0.211 e. The molecule has 3 heterocycles. The van der Waals surface area contributed by atoms with E-state index in [0.29, 0.717) is 0 Å². The SMILES string of the molecule is Cc1ccnn1C(C)c1nnc(Nc2ccn(Cc3ccccc3)n2)s1. The van der Waals surface area contributed by atoms with Crippen molar-refractivity contribution >= 4 is 22.3 Å². The molecule has 8 heteroatoms. The van der Waals surface area contributed by atoms with Crippen LogP contribution in [0.25, 0.3) is 0 Å². The van der Waals surface area contributed by atoms with Crippen molar-refractivity contribution in [2.24, 2.45) is 0 Å². The van der Waals surface area contributed by atoms with Crippen LogP contribution in [0.2, 0.25) is 0 Å². The maximum absolute atomic E-state index is 4.55. The molecule has 4 rings (SSSR count). The van der Waals surface area contributed by atoms with Gasteiger partial charge in [-0.2, -0.15) is 10.2 Å². The second-order valence-electron chi connectivity index (χ2n) is 6.05. The lowest BCUT2D eigenvalue weighted by Gasteiger charge is -2.10. The Balaban J connectivity index is 1.44. The number of hydrogen-bond acceptors (Lipinski definition) is 6. The number of aromatic nitrogens is 6. The predicted octanol–water partition coefficient (Wildman–Crippen LogP) is 3.64. The summed E-state index contributed by atoms with van der Waals surface area (Å²) < 4.78 is 3.84. The predicted molar refractivity (Wildman–Crippen MR) is 102 cm³/mol. The van der Waals surface area contributed by atoms with Crippen molar-refractivity contribution in [1.82, 2.24) is 29.8 Å². The van der Waals surface area contributed by atoms with Gasteiger partial charge < -0.3 is 5.32 Å². The van der Waals surface area contributed by atoms with Gasteiger partial charge in [-0.3, -0.25) is 9.36 Å². The summed E-state index contributed by atoms with van der Waals surface area (Å²) in [5.41, 5.74) is 2.31. The first-order valence-corrected chi connectivity index (χ1v) is 9.18. The zero-order valence-corrected chi connectivity index (χ0v) is 15.4. The standard InChI is InChI=1S/C18H19N7S/c1-13-8-10-19-25(13)14(2)17-21-22-18(26-17)20-16-9-11-24(23-16)12-15-6-4-3-5-7-15/h3-11,14H,12H2,1-2H3,(H,20,22,23). The van der Waals surface area contributed by atoms with Crippen molar-refractivity contribution in [2.45, 2.75) is 26.4 Å². The van der Waals surface area contributed by atoms with Crippen molar-refractivity contribution in [1.29, 1.82) is 0 Å². The monoisotopic (exact) mass is 365 g/mol. The average Bonchev–Trinajstić information content (AvgIpc) is 3.38. The van der Waals surface area contributed by atoms with Crippen LogP contribution in [0, 0.1) is 6.92 Å². The molecule has 0 aliphatic carbocycles. The molecule has 7 nitrogen and oxygen atoms in total. The topological polar surface area (TPSA) is 73.5 Å². The second-order valence-corrected chi connectivity index (χ2v) is 7.06. The minimum Gasteiger partial charge on any atom is -0.313 e. The lowest BCUT2D eigenvalue weighted by molar-refractivity contribution is 0.543. The van der Waals surface area contributed by atoms with E-state index in [1.165, 1.54) is 16.9 Å². The van der Waals surface area contributed by atoms with Gasteiger partial charge >= 0.3 is 0 Å². The number of aryl methyl sites for hydroxylation is 1. The Morgan fingerprint density at radius 2 is 1.96 bits per heavy atom. The van der Waals surface area contributed by atoms with Crippen molar-refractivity contribution in [3.63, 3.8) is 0 Å². The Morgan fingerprint density at radius 3 is 2.73 bits per heavy atom. The fraction of sp³-hybridized carbons (Fsp3) is 0.222. The lowest BCUT2D eigenvalue weighted by atomic mass is 10.2. The number of nitrogens with zero attached hydrogens (tertiary/aromatic N) is 6. The van der Waals surface area contributed by atoms with Crippen LogP contribution >= 0.6 is 11.3 Å². The molecule has 0 aliphatic rings. The number of benzene rings is 1. The molecule has 0 fully saturated rings. The lowest BCUT2D eigenvalue weighted by Crippen LogP contribution is -2.09. The molecule has 0 saturated carbocycles. The Labute approximate surface area is 155 Å². The van der Waals surface area contributed by atoms with Crippen molar-refractivity contribution in [3.8, 4) is 0 Å². The van der Waals surface area contributed by atoms with E-state index in [0.717, 1.165) is 28.2 Å². The maximum atomic E-state index is 4.55. The molecule has 0 saturated heterocycles. The highest BCUT2D eigenvalue weighted by Gasteiger charge is 2.16. The van der Waals surface area contributed by atoms with Crippen LogP contribution in [0.1, 0.15) is 29.2 Å². The van der Waals surface area contributed by atoms with E-state index >= 15 is 0 Å². The third kappa shape index (κ3) is 3.50. The normalized spacial score (nSPS) is 12.2. The van der Waals surface area contributed by atoms with E-state index in [9.17, 15) is 0 Å². The number of anilines is 2. The minimum atomic E-state index is 0.0497. The van der Waals surface area contributed by atoms with Crippen molar-refractivity contribution in [2.75, 3.05) is 5.32 Å². The van der Waals surface area contributed by atoms with E-state index in [1.807, 2.05) is 52.8 Å². The Kier molecular flexibility index (Phi) is 4.49. The molecule has 3 aromatic heterocycles. The molecule has 1 unspecified atom stereocenters. The van der Waals surface area contributed by atoms with Crippen molar-refractivity contribution in [3.05, 3.63) is 71.1 Å². The molecule has 0 radical (unpaired) electrons. The molecule has 26 heavy (non-hydrogen) atoms. The van der Waals surface area contributed by atoms with Gasteiger partial charge in [0.2, 0.25) is 5.13 Å². The fourth-order valence-corrected chi connectivity index (χ4v) is 3.53. The number of hydrogen-bond donors (Lipinski definition) is 1. The van der Waals surface area contributed by atoms with Crippen LogP contribution in [0.15, 0.2) is 54.9 Å². The number of rotatable bonds is 6. The van der Waals surface area contributed by atoms with Gasteiger partial charge in [0.25, 0.3) is 0 Å². The van der Waals surface area contributed by atoms with Gasteiger partial charge in [0.1, 0.15) is 11.0 Å². The van der Waals surface area contributed by atoms with E-state index in [2.05, 4.69) is 44.8 Å². The first-order chi connectivity index (χ1) is 12.7. The molecule has 0 spiro atoms. The molecular weight excluding hydrogens is 346 g/mol. The van der Waals surface area contributed by atoms with Gasteiger partial charge in [0.05, 0.1) is 6.54 Å². The third-order valence-corrected chi connectivity index (χ3v) is 5.11. The summed E-state index contributed by atoms with van der Waals surface area (Å²) in [6.45, 7) is 4.83. The van der Waals surface area contributed by atoms with Crippen LogP contribution in [0.4, 0.5) is 10.9 Å². The van der Waals surface area contributed by atoms with Gasteiger partial charge in [-0.25, -0.2) is 0 Å². The molecule has 0 bridgehead atoms. The zero-order chi connectivity index (χ0) is 17.9. The van der Waals surface area contributed by atoms with Crippen LogP contribution in [-0.2, 0) is 6.54 Å². The molecular formula is C18H19N7S. The van der Waals surface area contributed by atoms with E-state index in [-0.39, 0.29) is 6.04 Å². The van der Waals surface area contributed by atoms with E-state index in [1.54, 1.807) is 6.20 Å². The third-order valence-electron chi connectivity index (χ3n) is 4.10. The molecule has 1 aromatic carbocycles. The Hall–Kier alpha value is -3.00. The largest absolute Gasteiger partial charge is 0.313 e.